The topological polar surface area (TPSA) is 65.8 Å². The summed E-state index contributed by atoms with van der Waals surface area (Å²) in [5.41, 5.74) is 4.40. The van der Waals surface area contributed by atoms with Gasteiger partial charge in [-0.3, -0.25) is 14.8 Å². The first-order valence-electron chi connectivity index (χ1n) is 9.12. The molecule has 0 saturated carbocycles. The van der Waals surface area contributed by atoms with Crippen LogP contribution in [0, 0.1) is 12.8 Å². The third-order valence-corrected chi connectivity index (χ3v) is 5.65. The van der Waals surface area contributed by atoms with Gasteiger partial charge in [0.1, 0.15) is 5.78 Å². The Bertz CT molecular complexity index is 771. The number of piperidine rings is 1. The summed E-state index contributed by atoms with van der Waals surface area (Å²) in [5.74, 6) is 0.503. The van der Waals surface area contributed by atoms with Crippen LogP contribution >= 0.6 is 0 Å². The largest absolute Gasteiger partial charge is 0.385 e. The van der Waals surface area contributed by atoms with E-state index in [1.54, 1.807) is 6.92 Å². The Kier molecular flexibility index (Phi) is 3.99. The number of aliphatic imine (C=N–C) groups is 1. The average molecular weight is 339 g/mol. The molecular formula is C20H25N3O2. The molecule has 0 spiro atoms. The summed E-state index contributed by atoms with van der Waals surface area (Å²) in [6.07, 6.45) is 6.54. The summed E-state index contributed by atoms with van der Waals surface area (Å²) in [6.45, 7) is 6.37. The van der Waals surface area contributed by atoms with E-state index in [2.05, 4.69) is 22.9 Å². The fourth-order valence-electron chi connectivity index (χ4n) is 4.55. The first-order chi connectivity index (χ1) is 11.9. The Hall–Kier alpha value is -2.01. The third kappa shape index (κ3) is 3.01. The standard InChI is InChI=1S/C20H25N3O2/c1-13-7-16(12-21-10-13)23-5-3-14(4-6-23)19-18-15(11-22-19)8-17(24)9-20(18,2)25/h7,10,12,14,25H,3-6,8-9,11H2,1-2H3. The molecule has 2 aliphatic heterocycles. The molecule has 3 heterocycles. The molecule has 1 aromatic rings. The van der Waals surface area contributed by atoms with Crippen molar-refractivity contribution in [3.63, 3.8) is 0 Å². The van der Waals surface area contributed by atoms with Crippen molar-refractivity contribution in [3.05, 3.63) is 35.2 Å². The number of ketones is 1. The van der Waals surface area contributed by atoms with Gasteiger partial charge in [-0.2, -0.15) is 0 Å². The molecule has 1 aliphatic carbocycles. The van der Waals surface area contributed by atoms with Crippen LogP contribution in [0.2, 0.25) is 0 Å². The van der Waals surface area contributed by atoms with E-state index in [9.17, 15) is 9.90 Å². The lowest BCUT2D eigenvalue weighted by Gasteiger charge is -2.37. The van der Waals surface area contributed by atoms with Crippen molar-refractivity contribution in [2.45, 2.75) is 45.1 Å². The molecule has 5 heteroatoms. The number of anilines is 1. The Morgan fingerprint density at radius 2 is 2.04 bits per heavy atom. The van der Waals surface area contributed by atoms with Gasteiger partial charge in [0.05, 0.1) is 24.0 Å². The van der Waals surface area contributed by atoms with Gasteiger partial charge in [-0.05, 0) is 43.9 Å². The van der Waals surface area contributed by atoms with Gasteiger partial charge in [0, 0.05) is 49.3 Å². The Morgan fingerprint density at radius 3 is 2.76 bits per heavy atom. The predicted octanol–water partition coefficient (Wildman–Crippen LogP) is 2.47. The van der Waals surface area contributed by atoms with E-state index < -0.39 is 5.60 Å². The van der Waals surface area contributed by atoms with E-state index in [1.807, 2.05) is 12.4 Å². The SMILES string of the molecule is Cc1cncc(N2CCC(C3=NCC4=C3C(C)(O)CC(=O)C4)CC2)c1. The number of carbonyl (C=O) groups is 1. The lowest BCUT2D eigenvalue weighted by molar-refractivity contribution is -0.122. The molecule has 0 radical (unpaired) electrons. The molecule has 5 nitrogen and oxygen atoms in total. The van der Waals surface area contributed by atoms with E-state index in [-0.39, 0.29) is 12.2 Å². The molecule has 0 aromatic carbocycles. The van der Waals surface area contributed by atoms with Crippen LogP contribution in [0.4, 0.5) is 5.69 Å². The number of aromatic nitrogens is 1. The second kappa shape index (κ2) is 6.06. The third-order valence-electron chi connectivity index (χ3n) is 5.65. The second-order valence-electron chi connectivity index (χ2n) is 7.83. The molecule has 3 aliphatic rings. The number of nitrogens with zero attached hydrogens (tertiary/aromatic N) is 3. The highest BCUT2D eigenvalue weighted by molar-refractivity contribution is 6.08. The highest BCUT2D eigenvalue weighted by atomic mass is 16.3. The van der Waals surface area contributed by atoms with Crippen molar-refractivity contribution >= 4 is 17.2 Å². The average Bonchev–Trinajstić information content (AvgIpc) is 2.99. The monoisotopic (exact) mass is 339 g/mol. The van der Waals surface area contributed by atoms with Gasteiger partial charge in [-0.15, -0.1) is 0 Å². The van der Waals surface area contributed by atoms with E-state index in [4.69, 9.17) is 4.99 Å². The van der Waals surface area contributed by atoms with Crippen molar-refractivity contribution < 1.29 is 9.90 Å². The van der Waals surface area contributed by atoms with Gasteiger partial charge >= 0.3 is 0 Å². The number of rotatable bonds is 2. The normalized spacial score (nSPS) is 27.6. The lowest BCUT2D eigenvalue weighted by atomic mass is 9.74. The molecule has 1 fully saturated rings. The smallest absolute Gasteiger partial charge is 0.140 e. The molecule has 1 aromatic heterocycles. The fraction of sp³-hybridized carbons (Fsp3) is 0.550. The first-order valence-corrected chi connectivity index (χ1v) is 9.12. The van der Waals surface area contributed by atoms with Gasteiger partial charge < -0.3 is 10.0 Å². The van der Waals surface area contributed by atoms with Crippen LogP contribution in [0.15, 0.2) is 34.6 Å². The summed E-state index contributed by atoms with van der Waals surface area (Å²) in [7, 11) is 0. The Labute approximate surface area is 148 Å². The number of hydrogen-bond acceptors (Lipinski definition) is 5. The maximum Gasteiger partial charge on any atom is 0.140 e. The van der Waals surface area contributed by atoms with Gasteiger partial charge in [0.15, 0.2) is 0 Å². The number of pyridine rings is 1. The highest BCUT2D eigenvalue weighted by Gasteiger charge is 2.43. The van der Waals surface area contributed by atoms with Crippen LogP contribution in [-0.4, -0.2) is 46.8 Å². The molecule has 1 unspecified atom stereocenters. The van der Waals surface area contributed by atoms with Gasteiger partial charge in [-0.1, -0.05) is 0 Å². The summed E-state index contributed by atoms with van der Waals surface area (Å²) in [4.78, 5) is 23.3. The fourth-order valence-corrected chi connectivity index (χ4v) is 4.55. The molecule has 1 atom stereocenters. The van der Waals surface area contributed by atoms with Gasteiger partial charge in [0.25, 0.3) is 0 Å². The molecule has 0 amide bonds. The molecule has 132 valence electrons. The zero-order chi connectivity index (χ0) is 17.6. The zero-order valence-corrected chi connectivity index (χ0v) is 15.0. The van der Waals surface area contributed by atoms with Crippen LogP contribution in [-0.2, 0) is 4.79 Å². The van der Waals surface area contributed by atoms with Crippen LogP contribution in [0.3, 0.4) is 0 Å². The summed E-state index contributed by atoms with van der Waals surface area (Å²) in [5, 5.41) is 10.8. The minimum absolute atomic E-state index is 0.127. The van der Waals surface area contributed by atoms with Crippen molar-refractivity contribution in [1.82, 2.24) is 4.98 Å². The van der Waals surface area contributed by atoms with E-state index >= 15 is 0 Å². The number of carbonyl (C=O) groups excluding carboxylic acids is 1. The van der Waals surface area contributed by atoms with E-state index in [0.717, 1.165) is 42.8 Å². The van der Waals surface area contributed by atoms with Gasteiger partial charge in [-0.25, -0.2) is 0 Å². The Balaban J connectivity index is 1.49. The summed E-state index contributed by atoms with van der Waals surface area (Å²) in [6, 6.07) is 2.18. The minimum atomic E-state index is -1.04. The first kappa shape index (κ1) is 16.5. The second-order valence-corrected chi connectivity index (χ2v) is 7.83. The van der Waals surface area contributed by atoms with Crippen LogP contribution in [0.25, 0.3) is 0 Å². The molecule has 25 heavy (non-hydrogen) atoms. The Morgan fingerprint density at radius 1 is 1.28 bits per heavy atom. The molecule has 0 bridgehead atoms. The van der Waals surface area contributed by atoms with Gasteiger partial charge in [0.2, 0.25) is 0 Å². The number of Topliss-reactive ketones (excluding diaryl/α,β-unsaturated/α-hetero) is 1. The van der Waals surface area contributed by atoms with Crippen LogP contribution in [0.1, 0.15) is 38.2 Å². The number of hydrogen-bond donors (Lipinski definition) is 1. The van der Waals surface area contributed by atoms with Crippen molar-refractivity contribution in [1.29, 1.82) is 0 Å². The quantitative estimate of drug-likeness (QED) is 0.899. The summed E-state index contributed by atoms with van der Waals surface area (Å²) < 4.78 is 0. The van der Waals surface area contributed by atoms with Crippen molar-refractivity contribution in [2.24, 2.45) is 10.9 Å². The molecule has 1 N–H and O–H groups in total. The maximum absolute atomic E-state index is 11.9. The maximum atomic E-state index is 11.9. The zero-order valence-electron chi connectivity index (χ0n) is 15.0. The summed E-state index contributed by atoms with van der Waals surface area (Å²) >= 11 is 0. The molecule has 4 rings (SSSR count). The minimum Gasteiger partial charge on any atom is -0.385 e. The number of aryl methyl sites for hydroxylation is 1. The van der Waals surface area contributed by atoms with E-state index in [0.29, 0.717) is 18.9 Å². The van der Waals surface area contributed by atoms with Crippen LogP contribution in [0.5, 0.6) is 0 Å². The molecule has 1 saturated heterocycles. The van der Waals surface area contributed by atoms with Crippen molar-refractivity contribution in [2.75, 3.05) is 24.5 Å². The van der Waals surface area contributed by atoms with Crippen LogP contribution < -0.4 is 4.90 Å². The van der Waals surface area contributed by atoms with E-state index in [1.165, 1.54) is 11.3 Å². The highest BCUT2D eigenvalue weighted by Crippen LogP contribution is 2.40. The number of aliphatic hydroxyl groups is 1. The molecular weight excluding hydrogens is 314 g/mol. The predicted molar refractivity (Wildman–Crippen MR) is 98.1 cm³/mol. The van der Waals surface area contributed by atoms with Crippen molar-refractivity contribution in [3.8, 4) is 0 Å². The lowest BCUT2D eigenvalue weighted by Crippen LogP contribution is -2.42.